The SMILES string of the molecule is CCCCCCCCCCCCCCCCCCCCCCCCCCCCCCCCCCCCCCNCCCCCCCCCCCCCCCCCCCCCCCCCCCCCCCCCCCCCC. The first-order valence-corrected chi connectivity index (χ1v) is 38.1. The Bertz CT molecular complexity index is 868. The van der Waals surface area contributed by atoms with Crippen LogP contribution in [0.2, 0.25) is 0 Å². The van der Waals surface area contributed by atoms with Gasteiger partial charge in [-0.05, 0) is 25.9 Å². The van der Waals surface area contributed by atoms with Gasteiger partial charge in [-0.2, -0.15) is 0 Å². The van der Waals surface area contributed by atoms with Crippen molar-refractivity contribution in [3.05, 3.63) is 0 Å². The molecule has 0 aromatic heterocycles. The highest BCUT2D eigenvalue weighted by Crippen LogP contribution is 2.20. The summed E-state index contributed by atoms with van der Waals surface area (Å²) < 4.78 is 0. The third-order valence-electron chi connectivity index (χ3n) is 18.4. The van der Waals surface area contributed by atoms with Crippen LogP contribution in [-0.4, -0.2) is 13.1 Å². The summed E-state index contributed by atoms with van der Waals surface area (Å²) in [5.41, 5.74) is 0. The molecular weight excluding hydrogens is 927 g/mol. The van der Waals surface area contributed by atoms with Crippen LogP contribution in [0.3, 0.4) is 0 Å². The van der Waals surface area contributed by atoms with Crippen LogP contribution < -0.4 is 5.32 Å². The minimum Gasteiger partial charge on any atom is -0.317 e. The quantitative estimate of drug-likeness (QED) is 0.0599. The van der Waals surface area contributed by atoms with Gasteiger partial charge in [-0.3, -0.25) is 0 Å². The lowest BCUT2D eigenvalue weighted by Crippen LogP contribution is -2.16. The summed E-state index contributed by atoms with van der Waals surface area (Å²) in [6.45, 7) is 7.13. The van der Waals surface area contributed by atoms with E-state index < -0.39 is 0 Å². The normalized spacial score (nSPS) is 11.8. The molecule has 0 rings (SSSR count). The summed E-state index contributed by atoms with van der Waals surface area (Å²) in [5.74, 6) is 0. The summed E-state index contributed by atoms with van der Waals surface area (Å²) in [6, 6.07) is 0. The fourth-order valence-corrected chi connectivity index (χ4v) is 12.8. The van der Waals surface area contributed by atoms with Gasteiger partial charge in [0.05, 0.1) is 0 Å². The molecule has 0 fully saturated rings. The third-order valence-corrected chi connectivity index (χ3v) is 18.4. The lowest BCUT2D eigenvalue weighted by molar-refractivity contribution is 0.508. The predicted molar refractivity (Wildman–Crippen MR) is 357 cm³/mol. The highest BCUT2D eigenvalue weighted by molar-refractivity contribution is 4.57. The minimum absolute atomic E-state index is 1.25. The zero-order valence-corrected chi connectivity index (χ0v) is 54.8. The van der Waals surface area contributed by atoms with Gasteiger partial charge in [0, 0.05) is 0 Å². The second kappa shape index (κ2) is 76.0. The molecular formula is C76H155N. The second-order valence-corrected chi connectivity index (χ2v) is 26.5. The Hall–Kier alpha value is -0.0400. The van der Waals surface area contributed by atoms with Gasteiger partial charge in [-0.25, -0.2) is 0 Å². The molecule has 464 valence electrons. The molecule has 1 N–H and O–H groups in total. The molecule has 0 spiro atoms. The number of nitrogens with one attached hydrogen (secondary N) is 1. The lowest BCUT2D eigenvalue weighted by Gasteiger charge is -2.06. The van der Waals surface area contributed by atoms with Crippen molar-refractivity contribution in [2.75, 3.05) is 13.1 Å². The molecule has 0 aliphatic rings. The van der Waals surface area contributed by atoms with E-state index >= 15 is 0 Å². The molecule has 0 aliphatic heterocycles. The topological polar surface area (TPSA) is 12.0 Å². The predicted octanol–water partition coefficient (Wildman–Crippen LogP) is 28.7. The zero-order chi connectivity index (χ0) is 55.0. The number of hydrogen-bond acceptors (Lipinski definition) is 1. The van der Waals surface area contributed by atoms with Crippen molar-refractivity contribution in [3.63, 3.8) is 0 Å². The van der Waals surface area contributed by atoms with Crippen LogP contribution in [0.15, 0.2) is 0 Å². The number of hydrogen-bond donors (Lipinski definition) is 1. The van der Waals surface area contributed by atoms with Crippen molar-refractivity contribution in [2.24, 2.45) is 0 Å². The average Bonchev–Trinajstić information content (AvgIpc) is 3.44. The van der Waals surface area contributed by atoms with Crippen LogP contribution in [0.4, 0.5) is 0 Å². The van der Waals surface area contributed by atoms with E-state index in [1.807, 2.05) is 0 Å². The standard InChI is InChI=1S/C76H155N/c1-3-5-7-9-11-13-15-17-19-21-23-25-27-29-31-33-35-37-39-41-43-45-47-49-51-53-55-57-59-61-63-65-67-69-71-73-75-77-76-74-72-70-68-66-64-62-60-58-56-54-52-50-48-46-44-42-40-38-36-34-32-30-28-26-24-22-20-18-16-14-12-10-8-6-4-2/h77H,3-76H2,1-2H3. The van der Waals surface area contributed by atoms with Crippen LogP contribution in [0.25, 0.3) is 0 Å². The van der Waals surface area contributed by atoms with Gasteiger partial charge in [-0.15, -0.1) is 0 Å². The van der Waals surface area contributed by atoms with Crippen molar-refractivity contribution < 1.29 is 0 Å². The molecule has 0 amide bonds. The molecule has 0 radical (unpaired) electrons. The van der Waals surface area contributed by atoms with Crippen LogP contribution in [0.5, 0.6) is 0 Å². The fourth-order valence-electron chi connectivity index (χ4n) is 12.8. The Balaban J connectivity index is 3.08. The van der Waals surface area contributed by atoms with Gasteiger partial charge in [0.25, 0.3) is 0 Å². The fraction of sp³-hybridized carbons (Fsp3) is 1.00. The van der Waals surface area contributed by atoms with Crippen molar-refractivity contribution in [3.8, 4) is 0 Å². The summed E-state index contributed by atoms with van der Waals surface area (Å²) in [5, 5.41) is 3.74. The molecule has 0 atom stereocenters. The molecule has 0 saturated heterocycles. The van der Waals surface area contributed by atoms with E-state index in [4.69, 9.17) is 0 Å². The van der Waals surface area contributed by atoms with Gasteiger partial charge in [0.2, 0.25) is 0 Å². The molecule has 1 nitrogen and oxygen atoms in total. The minimum atomic E-state index is 1.25. The zero-order valence-electron chi connectivity index (χ0n) is 54.8. The highest BCUT2D eigenvalue weighted by atomic mass is 14.8. The van der Waals surface area contributed by atoms with E-state index in [9.17, 15) is 0 Å². The van der Waals surface area contributed by atoms with E-state index in [0.717, 1.165) is 0 Å². The maximum absolute atomic E-state index is 3.74. The molecule has 1 heteroatoms. The molecule has 77 heavy (non-hydrogen) atoms. The van der Waals surface area contributed by atoms with Crippen LogP contribution in [-0.2, 0) is 0 Å². The van der Waals surface area contributed by atoms with Gasteiger partial charge in [0.15, 0.2) is 0 Å². The van der Waals surface area contributed by atoms with E-state index in [1.165, 1.54) is 475 Å². The molecule has 0 aromatic carbocycles. The van der Waals surface area contributed by atoms with Crippen LogP contribution in [0.1, 0.15) is 476 Å². The molecule has 0 unspecified atom stereocenters. The Morgan fingerprint density at radius 1 is 0.104 bits per heavy atom. The largest absolute Gasteiger partial charge is 0.317 e. The summed E-state index contributed by atoms with van der Waals surface area (Å²) in [7, 11) is 0. The van der Waals surface area contributed by atoms with Gasteiger partial charge in [-0.1, -0.05) is 463 Å². The summed E-state index contributed by atoms with van der Waals surface area (Å²) in [4.78, 5) is 0. The number of unbranched alkanes of at least 4 members (excludes halogenated alkanes) is 70. The highest BCUT2D eigenvalue weighted by Gasteiger charge is 2.01. The van der Waals surface area contributed by atoms with Gasteiger partial charge in [0.1, 0.15) is 0 Å². The monoisotopic (exact) mass is 1080 g/mol. The molecule has 0 heterocycles. The maximum Gasteiger partial charge on any atom is -0.00489 e. The van der Waals surface area contributed by atoms with Gasteiger partial charge < -0.3 is 5.32 Å². The first-order chi connectivity index (χ1) is 38.4. The Labute approximate surface area is 492 Å². The van der Waals surface area contributed by atoms with Crippen molar-refractivity contribution in [1.82, 2.24) is 5.32 Å². The summed E-state index contributed by atoms with van der Waals surface area (Å²) in [6.07, 6.45) is 107. The van der Waals surface area contributed by atoms with E-state index in [1.54, 1.807) is 0 Å². The van der Waals surface area contributed by atoms with Crippen molar-refractivity contribution >= 4 is 0 Å². The van der Waals surface area contributed by atoms with Gasteiger partial charge >= 0.3 is 0 Å². The molecule has 0 bridgehead atoms. The average molecular weight is 1080 g/mol. The Morgan fingerprint density at radius 2 is 0.182 bits per heavy atom. The van der Waals surface area contributed by atoms with E-state index in [-0.39, 0.29) is 0 Å². The smallest absolute Gasteiger partial charge is 0.00489 e. The van der Waals surface area contributed by atoms with E-state index in [2.05, 4.69) is 19.2 Å². The number of rotatable bonds is 74. The first kappa shape index (κ1) is 77.0. The second-order valence-electron chi connectivity index (χ2n) is 26.5. The molecule has 0 aliphatic carbocycles. The van der Waals surface area contributed by atoms with Crippen LogP contribution >= 0.6 is 0 Å². The van der Waals surface area contributed by atoms with E-state index in [0.29, 0.717) is 0 Å². The Kier molecular flexibility index (Phi) is 75.9. The van der Waals surface area contributed by atoms with Crippen molar-refractivity contribution in [2.45, 2.75) is 476 Å². The molecule has 0 saturated carbocycles. The van der Waals surface area contributed by atoms with Crippen molar-refractivity contribution in [1.29, 1.82) is 0 Å². The molecule has 0 aromatic rings. The van der Waals surface area contributed by atoms with Crippen LogP contribution in [0, 0.1) is 0 Å². The Morgan fingerprint density at radius 3 is 0.273 bits per heavy atom. The first-order valence-electron chi connectivity index (χ1n) is 38.1. The third kappa shape index (κ3) is 76.0. The summed E-state index contributed by atoms with van der Waals surface area (Å²) >= 11 is 0. The lowest BCUT2D eigenvalue weighted by atomic mass is 10.0. The maximum atomic E-state index is 3.74.